The molecule has 2 aliphatic carbocycles. The van der Waals surface area contributed by atoms with Crippen LogP contribution >= 0.6 is 0 Å². The van der Waals surface area contributed by atoms with Crippen LogP contribution < -0.4 is 0 Å². The van der Waals surface area contributed by atoms with Crippen molar-refractivity contribution in [2.45, 2.75) is 33.6 Å². The largest absolute Gasteiger partial charge is 0.0617 e. The van der Waals surface area contributed by atoms with E-state index >= 15 is 0 Å². The summed E-state index contributed by atoms with van der Waals surface area (Å²) in [6, 6.07) is 0. The van der Waals surface area contributed by atoms with Gasteiger partial charge in [-0.25, -0.2) is 0 Å². The molecular formula is C10H17. The fraction of sp³-hybridized carbons (Fsp3) is 0.900. The topological polar surface area (TPSA) is 0 Å². The SMILES string of the molecule is CC1C2[CH]CC(C2)C1(C)C. The zero-order chi connectivity index (χ0) is 7.35. The molecule has 0 amide bonds. The van der Waals surface area contributed by atoms with Crippen LogP contribution in [0, 0.1) is 29.6 Å². The lowest BCUT2D eigenvalue weighted by Gasteiger charge is -2.35. The van der Waals surface area contributed by atoms with E-state index < -0.39 is 0 Å². The molecule has 0 N–H and O–H groups in total. The summed E-state index contributed by atoms with van der Waals surface area (Å²) < 4.78 is 0. The third-order valence-electron chi connectivity index (χ3n) is 4.15. The molecule has 57 valence electrons. The van der Waals surface area contributed by atoms with Crippen molar-refractivity contribution >= 4 is 0 Å². The molecule has 0 nitrogen and oxygen atoms in total. The average molecular weight is 137 g/mol. The van der Waals surface area contributed by atoms with Crippen LogP contribution in [0.25, 0.3) is 0 Å². The normalized spacial score (nSPS) is 50.1. The molecule has 0 heteroatoms. The van der Waals surface area contributed by atoms with Gasteiger partial charge in [-0.3, -0.25) is 0 Å². The highest BCUT2D eigenvalue weighted by Crippen LogP contribution is 2.58. The Labute approximate surface area is 64.0 Å². The number of fused-ring (bicyclic) bond motifs is 2. The zero-order valence-electron chi connectivity index (χ0n) is 7.22. The van der Waals surface area contributed by atoms with Crippen LogP contribution in [0.2, 0.25) is 0 Å². The Hall–Kier alpha value is 0. The fourth-order valence-electron chi connectivity index (χ4n) is 2.80. The lowest BCUT2D eigenvalue weighted by atomic mass is 9.70. The van der Waals surface area contributed by atoms with E-state index in [9.17, 15) is 0 Å². The minimum Gasteiger partial charge on any atom is -0.0617 e. The second-order valence-electron chi connectivity index (χ2n) is 4.68. The first-order valence-electron chi connectivity index (χ1n) is 4.45. The number of hydrogen-bond donors (Lipinski definition) is 0. The lowest BCUT2D eigenvalue weighted by molar-refractivity contribution is 0.162. The van der Waals surface area contributed by atoms with E-state index in [0.717, 1.165) is 17.8 Å². The van der Waals surface area contributed by atoms with Crippen LogP contribution in [-0.4, -0.2) is 0 Å². The maximum Gasteiger partial charge on any atom is -0.0297 e. The van der Waals surface area contributed by atoms with Gasteiger partial charge in [0.2, 0.25) is 0 Å². The molecule has 0 aromatic rings. The van der Waals surface area contributed by atoms with Gasteiger partial charge in [0, 0.05) is 0 Å². The van der Waals surface area contributed by atoms with E-state index in [4.69, 9.17) is 0 Å². The van der Waals surface area contributed by atoms with Gasteiger partial charge in [-0.05, 0) is 42.4 Å². The molecule has 0 aromatic heterocycles. The third-order valence-corrected chi connectivity index (χ3v) is 4.15. The van der Waals surface area contributed by atoms with Gasteiger partial charge in [-0.15, -0.1) is 0 Å². The van der Waals surface area contributed by atoms with Crippen molar-refractivity contribution in [3.8, 4) is 0 Å². The summed E-state index contributed by atoms with van der Waals surface area (Å²) in [4.78, 5) is 0. The van der Waals surface area contributed by atoms with Crippen molar-refractivity contribution in [3.63, 3.8) is 0 Å². The summed E-state index contributed by atoms with van der Waals surface area (Å²) in [5.74, 6) is 2.90. The Morgan fingerprint density at radius 1 is 1.40 bits per heavy atom. The smallest absolute Gasteiger partial charge is 0.0297 e. The molecule has 0 spiro atoms. The van der Waals surface area contributed by atoms with Gasteiger partial charge >= 0.3 is 0 Å². The van der Waals surface area contributed by atoms with Crippen molar-refractivity contribution in [1.29, 1.82) is 0 Å². The van der Waals surface area contributed by atoms with Gasteiger partial charge in [0.05, 0.1) is 0 Å². The summed E-state index contributed by atoms with van der Waals surface area (Å²) in [5.41, 5.74) is 0.638. The second kappa shape index (κ2) is 1.78. The highest BCUT2D eigenvalue weighted by molar-refractivity contribution is 5.07. The molecule has 10 heavy (non-hydrogen) atoms. The van der Waals surface area contributed by atoms with E-state index in [-0.39, 0.29) is 0 Å². The minimum absolute atomic E-state index is 0.638. The monoisotopic (exact) mass is 137 g/mol. The number of hydrogen-bond acceptors (Lipinski definition) is 0. The summed E-state index contributed by atoms with van der Waals surface area (Å²) in [6.45, 7) is 7.30. The summed E-state index contributed by atoms with van der Waals surface area (Å²) in [6.07, 6.45) is 5.41. The molecule has 0 heterocycles. The molecule has 0 aromatic carbocycles. The first kappa shape index (κ1) is 6.69. The van der Waals surface area contributed by atoms with Crippen LogP contribution in [-0.2, 0) is 0 Å². The third kappa shape index (κ3) is 0.627. The Kier molecular flexibility index (Phi) is 1.19. The molecule has 0 saturated heterocycles. The van der Waals surface area contributed by atoms with Gasteiger partial charge in [-0.2, -0.15) is 0 Å². The number of rotatable bonds is 0. The van der Waals surface area contributed by atoms with Crippen LogP contribution in [0.3, 0.4) is 0 Å². The molecule has 3 unspecified atom stereocenters. The van der Waals surface area contributed by atoms with Crippen molar-refractivity contribution in [2.24, 2.45) is 23.2 Å². The highest BCUT2D eigenvalue weighted by atomic mass is 14.5. The fourth-order valence-corrected chi connectivity index (χ4v) is 2.80. The Bertz CT molecular complexity index is 142. The highest BCUT2D eigenvalue weighted by Gasteiger charge is 2.50. The minimum atomic E-state index is 0.638. The quantitative estimate of drug-likeness (QED) is 0.481. The molecule has 1 radical (unpaired) electrons. The van der Waals surface area contributed by atoms with E-state index in [1.807, 2.05) is 0 Å². The predicted octanol–water partition coefficient (Wildman–Crippen LogP) is 2.89. The van der Waals surface area contributed by atoms with Gasteiger partial charge in [-0.1, -0.05) is 20.8 Å². The molecule has 3 atom stereocenters. The Morgan fingerprint density at radius 2 is 2.10 bits per heavy atom. The standard InChI is InChI=1S/C10H17/c1-7-8-4-5-9(6-8)10(7,2)3/h4,7-9H,5-6H2,1-3H3. The first-order chi connectivity index (χ1) is 4.62. The lowest BCUT2D eigenvalue weighted by Crippen LogP contribution is -2.28. The van der Waals surface area contributed by atoms with Crippen molar-refractivity contribution in [2.75, 3.05) is 0 Å². The van der Waals surface area contributed by atoms with E-state index in [0.29, 0.717) is 5.41 Å². The molecular weight excluding hydrogens is 120 g/mol. The van der Waals surface area contributed by atoms with E-state index in [1.165, 1.54) is 12.8 Å². The molecule has 2 aliphatic rings. The van der Waals surface area contributed by atoms with Gasteiger partial charge < -0.3 is 0 Å². The Morgan fingerprint density at radius 3 is 2.40 bits per heavy atom. The van der Waals surface area contributed by atoms with E-state index in [2.05, 4.69) is 27.2 Å². The summed E-state index contributed by atoms with van der Waals surface area (Å²) in [7, 11) is 0. The second-order valence-corrected chi connectivity index (χ2v) is 4.68. The van der Waals surface area contributed by atoms with Gasteiger partial charge in [0.15, 0.2) is 0 Å². The van der Waals surface area contributed by atoms with E-state index in [1.54, 1.807) is 0 Å². The first-order valence-corrected chi connectivity index (χ1v) is 4.45. The predicted molar refractivity (Wildman–Crippen MR) is 43.5 cm³/mol. The van der Waals surface area contributed by atoms with Gasteiger partial charge in [0.25, 0.3) is 0 Å². The maximum absolute atomic E-state index is 2.54. The van der Waals surface area contributed by atoms with Crippen molar-refractivity contribution in [1.82, 2.24) is 0 Å². The van der Waals surface area contributed by atoms with Crippen LogP contribution in [0.4, 0.5) is 0 Å². The molecule has 2 bridgehead atoms. The summed E-state index contributed by atoms with van der Waals surface area (Å²) >= 11 is 0. The van der Waals surface area contributed by atoms with Gasteiger partial charge in [0.1, 0.15) is 0 Å². The van der Waals surface area contributed by atoms with Crippen LogP contribution in [0.1, 0.15) is 33.6 Å². The molecule has 2 rings (SSSR count). The maximum atomic E-state index is 2.54. The van der Waals surface area contributed by atoms with Crippen molar-refractivity contribution < 1.29 is 0 Å². The Balaban J connectivity index is 2.25. The average Bonchev–Trinajstić information content (AvgIpc) is 2.37. The molecule has 0 aliphatic heterocycles. The van der Waals surface area contributed by atoms with Crippen LogP contribution in [0.5, 0.6) is 0 Å². The van der Waals surface area contributed by atoms with Crippen LogP contribution in [0.15, 0.2) is 0 Å². The van der Waals surface area contributed by atoms with Crippen molar-refractivity contribution in [3.05, 3.63) is 6.42 Å². The zero-order valence-corrected chi connectivity index (χ0v) is 7.22. The molecule has 2 fully saturated rings. The molecule has 2 saturated carbocycles. The summed E-state index contributed by atoms with van der Waals surface area (Å²) in [5, 5.41) is 0.